The third-order valence-corrected chi connectivity index (χ3v) is 6.59. The van der Waals surface area contributed by atoms with Gasteiger partial charge in [-0.3, -0.25) is 4.79 Å². The highest BCUT2D eigenvalue weighted by Gasteiger charge is 2.28. The normalized spacial score (nSPS) is 14.8. The van der Waals surface area contributed by atoms with E-state index in [2.05, 4.69) is 5.32 Å². The molecule has 1 heterocycles. The average Bonchev–Trinajstić information content (AvgIpc) is 2.74. The van der Waals surface area contributed by atoms with E-state index in [0.29, 0.717) is 24.8 Å². The molecule has 0 saturated carbocycles. The van der Waals surface area contributed by atoms with Crippen LogP contribution in [0.5, 0.6) is 0 Å². The van der Waals surface area contributed by atoms with Gasteiger partial charge in [-0.05, 0) is 36.8 Å². The molecule has 1 aliphatic heterocycles. The molecule has 1 saturated heterocycles. The summed E-state index contributed by atoms with van der Waals surface area (Å²) >= 11 is 0. The molecule has 0 aromatic heterocycles. The van der Waals surface area contributed by atoms with Crippen molar-refractivity contribution in [1.82, 2.24) is 4.31 Å². The van der Waals surface area contributed by atoms with E-state index in [1.807, 2.05) is 0 Å². The molecule has 1 fully saturated rings. The van der Waals surface area contributed by atoms with E-state index in [1.165, 1.54) is 16.4 Å². The van der Waals surface area contributed by atoms with Crippen molar-refractivity contribution in [1.29, 1.82) is 0 Å². The molecule has 0 unspecified atom stereocenters. The largest absolute Gasteiger partial charge is 0.452 e. The second-order valence-corrected chi connectivity index (χ2v) is 8.65. The van der Waals surface area contributed by atoms with Gasteiger partial charge in [-0.1, -0.05) is 6.07 Å². The highest BCUT2D eigenvalue weighted by Crippen LogP contribution is 2.24. The predicted molar refractivity (Wildman–Crippen MR) is 106 cm³/mol. The van der Waals surface area contributed by atoms with Crippen molar-refractivity contribution in [2.24, 2.45) is 0 Å². The molecule has 0 radical (unpaired) electrons. The van der Waals surface area contributed by atoms with E-state index in [0.717, 1.165) is 12.1 Å². The highest BCUT2D eigenvalue weighted by molar-refractivity contribution is 7.89. The number of halogens is 2. The van der Waals surface area contributed by atoms with E-state index in [-0.39, 0.29) is 23.7 Å². The lowest BCUT2D eigenvalue weighted by atomic mass is 10.2. The fourth-order valence-corrected chi connectivity index (χ4v) is 4.60. The van der Waals surface area contributed by atoms with Gasteiger partial charge in [-0.25, -0.2) is 22.0 Å². The number of sulfonamides is 1. The first-order valence-electron chi connectivity index (χ1n) is 9.29. The molecule has 0 bridgehead atoms. The Hall–Kier alpha value is -2.89. The maximum Gasteiger partial charge on any atom is 0.341 e. The van der Waals surface area contributed by atoms with Gasteiger partial charge in [0, 0.05) is 24.8 Å². The van der Waals surface area contributed by atoms with Crippen LogP contribution in [0.2, 0.25) is 0 Å². The Balaban J connectivity index is 1.66. The first-order chi connectivity index (χ1) is 14.7. The van der Waals surface area contributed by atoms with Crippen molar-refractivity contribution in [2.75, 3.05) is 38.2 Å². The van der Waals surface area contributed by atoms with Crippen LogP contribution >= 0.6 is 0 Å². The molecule has 8 nitrogen and oxygen atoms in total. The summed E-state index contributed by atoms with van der Waals surface area (Å²) in [4.78, 5) is 24.0. The first-order valence-corrected chi connectivity index (χ1v) is 10.7. The maximum absolute atomic E-state index is 13.6. The van der Waals surface area contributed by atoms with Crippen LogP contribution in [0.4, 0.5) is 14.5 Å². The van der Waals surface area contributed by atoms with Crippen molar-refractivity contribution in [3.8, 4) is 0 Å². The van der Waals surface area contributed by atoms with E-state index >= 15 is 0 Å². The molecule has 166 valence electrons. The number of hydrogen-bond donors (Lipinski definition) is 1. The first kappa shape index (κ1) is 22.8. The maximum atomic E-state index is 13.6. The Bertz CT molecular complexity index is 1100. The summed E-state index contributed by atoms with van der Waals surface area (Å²) in [6.45, 7) is 1.96. The number of amides is 1. The van der Waals surface area contributed by atoms with Crippen molar-refractivity contribution < 1.29 is 36.3 Å². The van der Waals surface area contributed by atoms with Gasteiger partial charge in [0.05, 0.1) is 23.7 Å². The number of nitrogens with one attached hydrogen (secondary N) is 1. The molecule has 3 rings (SSSR count). The van der Waals surface area contributed by atoms with Crippen LogP contribution in [0.15, 0.2) is 41.3 Å². The summed E-state index contributed by atoms with van der Waals surface area (Å²) in [7, 11) is -3.78. The van der Waals surface area contributed by atoms with Crippen LogP contribution in [0, 0.1) is 18.6 Å². The molecule has 0 atom stereocenters. The minimum Gasteiger partial charge on any atom is -0.452 e. The summed E-state index contributed by atoms with van der Waals surface area (Å²) in [5.41, 5.74) is 0.178. The van der Waals surface area contributed by atoms with Gasteiger partial charge in [0.1, 0.15) is 11.6 Å². The van der Waals surface area contributed by atoms with Gasteiger partial charge < -0.3 is 14.8 Å². The van der Waals surface area contributed by atoms with Crippen LogP contribution in [0.1, 0.15) is 15.9 Å². The lowest BCUT2D eigenvalue weighted by molar-refractivity contribution is -0.119. The molecule has 31 heavy (non-hydrogen) atoms. The number of morpholine rings is 1. The fourth-order valence-electron chi connectivity index (χ4n) is 2.94. The number of esters is 1. The van der Waals surface area contributed by atoms with Crippen LogP contribution in [0.25, 0.3) is 0 Å². The Morgan fingerprint density at radius 2 is 1.84 bits per heavy atom. The lowest BCUT2D eigenvalue weighted by Gasteiger charge is -2.26. The quantitative estimate of drug-likeness (QED) is 0.671. The number of carbonyl (C=O) groups is 2. The number of anilines is 1. The predicted octanol–water partition coefficient (Wildman–Crippen LogP) is 2.09. The van der Waals surface area contributed by atoms with Crippen molar-refractivity contribution >= 4 is 27.6 Å². The molecule has 2 aromatic rings. The third-order valence-electron chi connectivity index (χ3n) is 4.55. The van der Waals surface area contributed by atoms with Gasteiger partial charge in [0.15, 0.2) is 6.61 Å². The smallest absolute Gasteiger partial charge is 0.341 e. The number of ether oxygens (including phenoxy) is 2. The van der Waals surface area contributed by atoms with Gasteiger partial charge in [0.2, 0.25) is 10.0 Å². The number of rotatable bonds is 6. The molecule has 1 N–H and O–H groups in total. The number of carbonyl (C=O) groups excluding carboxylic acids is 2. The Labute approximate surface area is 177 Å². The molecule has 0 spiro atoms. The van der Waals surface area contributed by atoms with E-state index in [9.17, 15) is 26.8 Å². The zero-order valence-corrected chi connectivity index (χ0v) is 17.4. The van der Waals surface area contributed by atoms with Crippen molar-refractivity contribution in [3.05, 3.63) is 59.2 Å². The summed E-state index contributed by atoms with van der Waals surface area (Å²) in [6.07, 6.45) is 0. The van der Waals surface area contributed by atoms with E-state index in [1.54, 1.807) is 13.0 Å². The summed E-state index contributed by atoms with van der Waals surface area (Å²) < 4.78 is 63.6. The molecule has 2 aromatic carbocycles. The molecule has 11 heteroatoms. The van der Waals surface area contributed by atoms with Crippen molar-refractivity contribution in [2.45, 2.75) is 11.8 Å². The lowest BCUT2D eigenvalue weighted by Crippen LogP contribution is -2.40. The SMILES string of the molecule is Cc1ccc(NC(=O)COC(=O)c2ccc(F)cc2F)cc1S(=O)(=O)N1CCOCC1. The zero-order valence-electron chi connectivity index (χ0n) is 16.6. The Morgan fingerprint density at radius 3 is 2.52 bits per heavy atom. The van der Waals surface area contributed by atoms with Crippen LogP contribution < -0.4 is 5.32 Å². The molecule has 1 amide bonds. The fraction of sp³-hybridized carbons (Fsp3) is 0.300. The Morgan fingerprint density at radius 1 is 1.13 bits per heavy atom. The number of benzene rings is 2. The van der Waals surface area contributed by atoms with Crippen molar-refractivity contribution in [3.63, 3.8) is 0 Å². The number of nitrogens with zero attached hydrogens (tertiary/aromatic N) is 1. The summed E-state index contributed by atoms with van der Waals surface area (Å²) in [5, 5.41) is 2.44. The summed E-state index contributed by atoms with van der Waals surface area (Å²) in [5.74, 6) is -3.85. The van der Waals surface area contributed by atoms with Crippen LogP contribution in [-0.4, -0.2) is 57.5 Å². The third kappa shape index (κ3) is 5.43. The molecule has 0 aliphatic carbocycles. The molecule has 1 aliphatic rings. The van der Waals surface area contributed by atoms with E-state index < -0.39 is 45.7 Å². The van der Waals surface area contributed by atoms with Crippen LogP contribution in [0.3, 0.4) is 0 Å². The number of hydrogen-bond acceptors (Lipinski definition) is 6. The second kappa shape index (κ2) is 9.50. The molecular weight excluding hydrogens is 434 g/mol. The zero-order chi connectivity index (χ0) is 22.6. The van der Waals surface area contributed by atoms with Gasteiger partial charge >= 0.3 is 5.97 Å². The molecular formula is C20H20F2N2O6S. The van der Waals surface area contributed by atoms with Gasteiger partial charge in [0.25, 0.3) is 5.91 Å². The minimum atomic E-state index is -3.78. The van der Waals surface area contributed by atoms with Crippen LogP contribution in [-0.2, 0) is 24.3 Å². The monoisotopic (exact) mass is 454 g/mol. The number of aryl methyl sites for hydroxylation is 1. The van der Waals surface area contributed by atoms with Gasteiger partial charge in [-0.15, -0.1) is 0 Å². The minimum absolute atomic E-state index is 0.0394. The van der Waals surface area contributed by atoms with E-state index in [4.69, 9.17) is 9.47 Å². The average molecular weight is 454 g/mol. The standard InChI is InChI=1S/C20H20F2N2O6S/c1-13-2-4-15(11-18(13)31(27,28)24-6-8-29-9-7-24)23-19(25)12-30-20(26)16-5-3-14(21)10-17(16)22/h2-5,10-11H,6-9,12H2,1H3,(H,23,25). The highest BCUT2D eigenvalue weighted by atomic mass is 32.2. The second-order valence-electron chi connectivity index (χ2n) is 6.75. The topological polar surface area (TPSA) is 102 Å². The Kier molecular flexibility index (Phi) is 6.98. The summed E-state index contributed by atoms with van der Waals surface area (Å²) in [6, 6.07) is 6.70. The van der Waals surface area contributed by atoms with Gasteiger partial charge in [-0.2, -0.15) is 4.31 Å².